The van der Waals surface area contributed by atoms with Crippen LogP contribution in [0.1, 0.15) is 19.9 Å². The van der Waals surface area contributed by atoms with Gasteiger partial charge in [-0.15, -0.1) is 0 Å². The molecule has 0 saturated carbocycles. The Morgan fingerprint density at radius 2 is 1.94 bits per heavy atom. The zero-order valence-electron chi connectivity index (χ0n) is 8.77. The summed E-state index contributed by atoms with van der Waals surface area (Å²) in [6, 6.07) is -0.0906. The molecule has 2 aromatic heterocycles. The summed E-state index contributed by atoms with van der Waals surface area (Å²) in [4.78, 5) is 42.4. The molecule has 0 aliphatic heterocycles. The molecule has 0 amide bonds. The summed E-state index contributed by atoms with van der Waals surface area (Å²) >= 11 is 0. The fourth-order valence-electron chi connectivity index (χ4n) is 1.43. The normalized spacial score (nSPS) is 11.2. The third-order valence-electron chi connectivity index (χ3n) is 2.23. The van der Waals surface area contributed by atoms with E-state index < -0.39 is 16.8 Å². The maximum absolute atomic E-state index is 11.9. The maximum atomic E-state index is 11.9. The van der Waals surface area contributed by atoms with Crippen molar-refractivity contribution in [1.29, 1.82) is 0 Å². The number of fused-ring (bicyclic) bond motifs is 1. The molecule has 2 heterocycles. The van der Waals surface area contributed by atoms with Crippen molar-refractivity contribution in [2.24, 2.45) is 0 Å². The largest absolute Gasteiger partial charge is 0.326 e. The first kappa shape index (κ1) is 10.3. The van der Waals surface area contributed by atoms with E-state index in [4.69, 9.17) is 0 Å². The Morgan fingerprint density at radius 3 is 2.56 bits per heavy atom. The number of nitrogens with zero attached hydrogens (tertiary/aromatic N) is 2. The van der Waals surface area contributed by atoms with E-state index in [2.05, 4.69) is 9.97 Å². The SMILES string of the molecule is CC(C)n1cnc2c(=O)[nH]c(=O)[nH]c2c1=O. The van der Waals surface area contributed by atoms with Crippen molar-refractivity contribution in [3.05, 3.63) is 37.5 Å². The van der Waals surface area contributed by atoms with Crippen molar-refractivity contribution >= 4 is 11.0 Å². The lowest BCUT2D eigenvalue weighted by molar-refractivity contribution is 0.572. The first-order valence-electron chi connectivity index (χ1n) is 4.74. The van der Waals surface area contributed by atoms with Crippen LogP contribution in [0.4, 0.5) is 0 Å². The van der Waals surface area contributed by atoms with Crippen LogP contribution >= 0.6 is 0 Å². The zero-order chi connectivity index (χ0) is 11.9. The lowest BCUT2D eigenvalue weighted by Crippen LogP contribution is -2.30. The minimum atomic E-state index is -0.710. The van der Waals surface area contributed by atoms with E-state index in [1.807, 2.05) is 4.98 Å². The molecule has 0 unspecified atom stereocenters. The highest BCUT2D eigenvalue weighted by molar-refractivity contribution is 5.70. The second-order valence-corrected chi connectivity index (χ2v) is 3.68. The quantitative estimate of drug-likeness (QED) is 0.669. The lowest BCUT2D eigenvalue weighted by Gasteiger charge is -2.08. The van der Waals surface area contributed by atoms with Crippen LogP contribution in [0.15, 0.2) is 20.7 Å². The third kappa shape index (κ3) is 1.46. The highest BCUT2D eigenvalue weighted by Gasteiger charge is 2.09. The summed E-state index contributed by atoms with van der Waals surface area (Å²) in [6.45, 7) is 3.61. The molecule has 0 atom stereocenters. The molecule has 16 heavy (non-hydrogen) atoms. The second kappa shape index (κ2) is 3.44. The fourth-order valence-corrected chi connectivity index (χ4v) is 1.43. The van der Waals surface area contributed by atoms with E-state index in [0.29, 0.717) is 0 Å². The number of hydrogen-bond acceptors (Lipinski definition) is 4. The van der Waals surface area contributed by atoms with E-state index in [0.717, 1.165) is 0 Å². The number of rotatable bonds is 1. The average molecular weight is 222 g/mol. The number of aromatic amines is 2. The van der Waals surface area contributed by atoms with Gasteiger partial charge in [0.15, 0.2) is 5.52 Å². The van der Waals surface area contributed by atoms with Gasteiger partial charge >= 0.3 is 5.69 Å². The Kier molecular flexibility index (Phi) is 2.22. The molecule has 0 spiro atoms. The van der Waals surface area contributed by atoms with E-state index in [1.54, 1.807) is 13.8 Å². The van der Waals surface area contributed by atoms with Gasteiger partial charge in [0.2, 0.25) is 0 Å². The topological polar surface area (TPSA) is 101 Å². The summed E-state index contributed by atoms with van der Waals surface area (Å²) in [5, 5.41) is 0. The highest BCUT2D eigenvalue weighted by atomic mass is 16.2. The van der Waals surface area contributed by atoms with Crippen molar-refractivity contribution in [3.63, 3.8) is 0 Å². The summed E-state index contributed by atoms with van der Waals surface area (Å²) in [7, 11) is 0. The summed E-state index contributed by atoms with van der Waals surface area (Å²) in [6.07, 6.45) is 1.29. The smallest absolute Gasteiger partial charge is 0.301 e. The van der Waals surface area contributed by atoms with Crippen molar-refractivity contribution in [2.75, 3.05) is 0 Å². The maximum Gasteiger partial charge on any atom is 0.326 e. The Hall–Kier alpha value is -2.18. The fraction of sp³-hybridized carbons (Fsp3) is 0.333. The van der Waals surface area contributed by atoms with Gasteiger partial charge in [-0.25, -0.2) is 9.78 Å². The van der Waals surface area contributed by atoms with Crippen LogP contribution in [0.25, 0.3) is 11.0 Å². The van der Waals surface area contributed by atoms with Gasteiger partial charge in [0.25, 0.3) is 11.1 Å². The van der Waals surface area contributed by atoms with Gasteiger partial charge in [0, 0.05) is 6.04 Å². The zero-order valence-corrected chi connectivity index (χ0v) is 8.77. The van der Waals surface area contributed by atoms with Gasteiger partial charge in [0.05, 0.1) is 6.33 Å². The predicted molar refractivity (Wildman–Crippen MR) is 57.6 cm³/mol. The summed E-state index contributed by atoms with van der Waals surface area (Å²) in [5.41, 5.74) is -1.92. The molecule has 84 valence electrons. The van der Waals surface area contributed by atoms with Crippen molar-refractivity contribution in [2.45, 2.75) is 19.9 Å². The molecule has 2 rings (SSSR count). The number of H-pyrrole nitrogens is 2. The monoisotopic (exact) mass is 222 g/mol. The van der Waals surface area contributed by atoms with Crippen LogP contribution in [0, 0.1) is 0 Å². The molecule has 0 aromatic carbocycles. The first-order chi connectivity index (χ1) is 7.50. The summed E-state index contributed by atoms with van der Waals surface area (Å²) in [5.74, 6) is 0. The van der Waals surface area contributed by atoms with E-state index in [1.165, 1.54) is 10.9 Å². The van der Waals surface area contributed by atoms with Gasteiger partial charge in [0.1, 0.15) is 5.52 Å². The van der Waals surface area contributed by atoms with Gasteiger partial charge in [-0.2, -0.15) is 0 Å². The van der Waals surface area contributed by atoms with E-state index in [-0.39, 0.29) is 17.1 Å². The molecule has 2 aromatic rings. The minimum Gasteiger partial charge on any atom is -0.301 e. The molecule has 0 aliphatic carbocycles. The minimum absolute atomic E-state index is 0.0542. The standard InChI is InChI=1S/C9H10N4O3/c1-4(2)13-3-10-5-6(8(13)15)11-9(16)12-7(5)14/h3-4H,1-2H3,(H2,11,12,14,16). The molecule has 7 nitrogen and oxygen atoms in total. The van der Waals surface area contributed by atoms with Crippen molar-refractivity contribution < 1.29 is 0 Å². The molecule has 0 bridgehead atoms. The molecular formula is C9H10N4O3. The Balaban J connectivity index is 3.01. The van der Waals surface area contributed by atoms with Crippen LogP contribution in [0.5, 0.6) is 0 Å². The van der Waals surface area contributed by atoms with Gasteiger partial charge < -0.3 is 4.98 Å². The molecule has 0 aliphatic rings. The highest BCUT2D eigenvalue weighted by Crippen LogP contribution is 2.00. The van der Waals surface area contributed by atoms with Crippen molar-refractivity contribution in [3.8, 4) is 0 Å². The first-order valence-corrected chi connectivity index (χ1v) is 4.74. The molecule has 0 saturated heterocycles. The van der Waals surface area contributed by atoms with Crippen LogP contribution in [-0.4, -0.2) is 19.5 Å². The Labute approximate surface area is 88.8 Å². The van der Waals surface area contributed by atoms with Gasteiger partial charge in [-0.05, 0) is 13.8 Å². The van der Waals surface area contributed by atoms with Gasteiger partial charge in [-0.1, -0.05) is 0 Å². The predicted octanol–water partition coefficient (Wildman–Crippen LogP) is -0.646. The number of aromatic nitrogens is 4. The van der Waals surface area contributed by atoms with Crippen molar-refractivity contribution in [1.82, 2.24) is 19.5 Å². The van der Waals surface area contributed by atoms with E-state index in [9.17, 15) is 14.4 Å². The molecule has 7 heteroatoms. The third-order valence-corrected chi connectivity index (χ3v) is 2.23. The molecule has 0 fully saturated rings. The molecule has 0 radical (unpaired) electrons. The molecule has 2 N–H and O–H groups in total. The molecular weight excluding hydrogens is 212 g/mol. The number of hydrogen-bond donors (Lipinski definition) is 2. The van der Waals surface area contributed by atoms with Crippen LogP contribution in [0.2, 0.25) is 0 Å². The summed E-state index contributed by atoms with van der Waals surface area (Å²) < 4.78 is 1.34. The van der Waals surface area contributed by atoms with Gasteiger partial charge in [-0.3, -0.25) is 19.1 Å². The van der Waals surface area contributed by atoms with Crippen LogP contribution in [-0.2, 0) is 0 Å². The Bertz CT molecular complexity index is 707. The Morgan fingerprint density at radius 1 is 1.25 bits per heavy atom. The average Bonchev–Trinajstić information content (AvgIpc) is 2.19. The lowest BCUT2D eigenvalue weighted by atomic mass is 10.3. The van der Waals surface area contributed by atoms with E-state index >= 15 is 0 Å². The second-order valence-electron chi connectivity index (χ2n) is 3.68. The van der Waals surface area contributed by atoms with Crippen LogP contribution in [0.3, 0.4) is 0 Å². The number of nitrogens with one attached hydrogen (secondary N) is 2. The van der Waals surface area contributed by atoms with Crippen LogP contribution < -0.4 is 16.8 Å².